The van der Waals surface area contributed by atoms with Crippen LogP contribution in [-0.4, -0.2) is 50.0 Å². The van der Waals surface area contributed by atoms with E-state index < -0.39 is 0 Å². The Morgan fingerprint density at radius 2 is 2.42 bits per heavy atom. The minimum atomic E-state index is 0.141. The van der Waals surface area contributed by atoms with Gasteiger partial charge in [-0.2, -0.15) is 0 Å². The van der Waals surface area contributed by atoms with Crippen LogP contribution in [0.5, 0.6) is 0 Å². The number of hydrogen-bond acceptors (Lipinski definition) is 3. The van der Waals surface area contributed by atoms with Gasteiger partial charge in [-0.3, -0.25) is 0 Å². The molecular formula is C9H19NO2. The zero-order valence-electron chi connectivity index (χ0n) is 7.83. The van der Waals surface area contributed by atoms with Gasteiger partial charge in [0.25, 0.3) is 0 Å². The third-order valence-corrected chi connectivity index (χ3v) is 2.31. The summed E-state index contributed by atoms with van der Waals surface area (Å²) in [5, 5.41) is 8.51. The van der Waals surface area contributed by atoms with Crippen molar-refractivity contribution in [3.8, 4) is 0 Å². The Hall–Kier alpha value is -0.120. The Labute approximate surface area is 74.3 Å². The molecule has 0 aromatic carbocycles. The molecule has 72 valence electrons. The molecule has 3 heteroatoms. The highest BCUT2D eigenvalue weighted by molar-refractivity contribution is 4.69. The molecule has 0 radical (unpaired) electrons. The summed E-state index contributed by atoms with van der Waals surface area (Å²) in [7, 11) is 2.15. The van der Waals surface area contributed by atoms with E-state index in [-0.39, 0.29) is 6.61 Å². The normalized spacial score (nSPS) is 26.0. The molecule has 1 fully saturated rings. The van der Waals surface area contributed by atoms with E-state index in [1.54, 1.807) is 0 Å². The molecular weight excluding hydrogens is 154 g/mol. The molecule has 1 N–H and O–H groups in total. The minimum absolute atomic E-state index is 0.141. The first-order valence-corrected chi connectivity index (χ1v) is 4.70. The zero-order chi connectivity index (χ0) is 8.81. The third kappa shape index (κ3) is 3.52. The van der Waals surface area contributed by atoms with Crippen LogP contribution in [0.2, 0.25) is 0 Å². The summed E-state index contributed by atoms with van der Waals surface area (Å²) in [4.78, 5) is 2.34. The summed E-state index contributed by atoms with van der Waals surface area (Å²) < 4.78 is 5.29. The van der Waals surface area contributed by atoms with Crippen molar-refractivity contribution in [2.75, 3.05) is 40.0 Å². The van der Waals surface area contributed by atoms with Gasteiger partial charge in [-0.25, -0.2) is 0 Å². The average molecular weight is 173 g/mol. The van der Waals surface area contributed by atoms with Crippen molar-refractivity contribution >= 4 is 0 Å². The van der Waals surface area contributed by atoms with Gasteiger partial charge in [-0.15, -0.1) is 0 Å². The van der Waals surface area contributed by atoms with Gasteiger partial charge in [0.2, 0.25) is 0 Å². The van der Waals surface area contributed by atoms with Crippen molar-refractivity contribution in [3.05, 3.63) is 0 Å². The van der Waals surface area contributed by atoms with Crippen LogP contribution in [0.25, 0.3) is 0 Å². The van der Waals surface area contributed by atoms with Crippen LogP contribution in [0.15, 0.2) is 0 Å². The number of rotatable bonds is 4. The van der Waals surface area contributed by atoms with Gasteiger partial charge in [-0.05, 0) is 32.4 Å². The maximum atomic E-state index is 8.51. The topological polar surface area (TPSA) is 32.7 Å². The molecule has 0 aromatic rings. The van der Waals surface area contributed by atoms with E-state index in [2.05, 4.69) is 11.9 Å². The number of aliphatic hydroxyl groups excluding tert-OH is 1. The van der Waals surface area contributed by atoms with Gasteiger partial charge in [-0.1, -0.05) is 0 Å². The number of nitrogens with zero attached hydrogens (tertiary/aromatic N) is 1. The maximum absolute atomic E-state index is 8.51. The van der Waals surface area contributed by atoms with E-state index >= 15 is 0 Å². The molecule has 0 aromatic heterocycles. The van der Waals surface area contributed by atoms with Gasteiger partial charge in [0.05, 0.1) is 19.8 Å². The molecule has 12 heavy (non-hydrogen) atoms. The largest absolute Gasteiger partial charge is 0.394 e. The van der Waals surface area contributed by atoms with Crippen molar-refractivity contribution in [3.63, 3.8) is 0 Å². The van der Waals surface area contributed by atoms with Gasteiger partial charge in [0, 0.05) is 6.54 Å². The monoisotopic (exact) mass is 173 g/mol. The highest BCUT2D eigenvalue weighted by Crippen LogP contribution is 2.14. The lowest BCUT2D eigenvalue weighted by atomic mass is 10.00. The molecule has 1 atom stereocenters. The fourth-order valence-corrected chi connectivity index (χ4v) is 1.72. The van der Waals surface area contributed by atoms with E-state index in [9.17, 15) is 0 Å². The van der Waals surface area contributed by atoms with Crippen molar-refractivity contribution < 1.29 is 9.84 Å². The van der Waals surface area contributed by atoms with Gasteiger partial charge >= 0.3 is 0 Å². The molecule has 1 unspecified atom stereocenters. The average Bonchev–Trinajstić information content (AvgIpc) is 2.05. The summed E-state index contributed by atoms with van der Waals surface area (Å²) in [5.74, 6) is 0.676. The quantitative estimate of drug-likeness (QED) is 0.622. The Morgan fingerprint density at radius 1 is 1.58 bits per heavy atom. The van der Waals surface area contributed by atoms with E-state index in [0.717, 1.165) is 13.2 Å². The van der Waals surface area contributed by atoms with Crippen LogP contribution in [-0.2, 0) is 4.74 Å². The highest BCUT2D eigenvalue weighted by atomic mass is 16.5. The summed E-state index contributed by atoms with van der Waals surface area (Å²) in [6.07, 6.45) is 2.55. The Bertz CT molecular complexity index is 119. The van der Waals surface area contributed by atoms with Crippen molar-refractivity contribution in [1.82, 2.24) is 4.90 Å². The molecule has 1 rings (SSSR count). The van der Waals surface area contributed by atoms with Crippen LogP contribution in [0.4, 0.5) is 0 Å². The summed E-state index contributed by atoms with van der Waals surface area (Å²) >= 11 is 0. The van der Waals surface area contributed by atoms with E-state index in [1.807, 2.05) is 0 Å². The Morgan fingerprint density at radius 3 is 3.08 bits per heavy atom. The predicted octanol–water partition coefficient (Wildman–Crippen LogP) is 0.337. The van der Waals surface area contributed by atoms with E-state index in [0.29, 0.717) is 12.5 Å². The predicted molar refractivity (Wildman–Crippen MR) is 48.1 cm³/mol. The molecule has 1 saturated heterocycles. The smallest absolute Gasteiger partial charge is 0.0697 e. The molecule has 0 spiro atoms. The van der Waals surface area contributed by atoms with Crippen LogP contribution >= 0.6 is 0 Å². The molecule has 0 aliphatic carbocycles. The first kappa shape index (κ1) is 9.96. The van der Waals surface area contributed by atoms with Crippen LogP contribution < -0.4 is 0 Å². The van der Waals surface area contributed by atoms with Crippen LogP contribution in [0.1, 0.15) is 12.8 Å². The molecule has 3 nitrogen and oxygen atoms in total. The molecule has 0 amide bonds. The number of hydrogen-bond donors (Lipinski definition) is 1. The highest BCUT2D eigenvalue weighted by Gasteiger charge is 2.16. The molecule has 1 aliphatic heterocycles. The summed E-state index contributed by atoms with van der Waals surface area (Å²) in [6, 6.07) is 0. The second kappa shape index (κ2) is 5.51. The molecule has 0 saturated carbocycles. The minimum Gasteiger partial charge on any atom is -0.394 e. The van der Waals surface area contributed by atoms with Crippen LogP contribution in [0, 0.1) is 5.92 Å². The van der Waals surface area contributed by atoms with Crippen molar-refractivity contribution in [2.24, 2.45) is 5.92 Å². The fraction of sp³-hybridized carbons (Fsp3) is 1.00. The van der Waals surface area contributed by atoms with Gasteiger partial charge < -0.3 is 14.7 Å². The lowest BCUT2D eigenvalue weighted by Gasteiger charge is -2.29. The lowest BCUT2D eigenvalue weighted by molar-refractivity contribution is 0.0462. The Balaban J connectivity index is 2.06. The number of likely N-dealkylation sites (tertiary alicyclic amines) is 1. The first-order chi connectivity index (χ1) is 5.83. The SMILES string of the molecule is CN1CCCC(COCCO)C1. The van der Waals surface area contributed by atoms with Gasteiger partial charge in [0.15, 0.2) is 0 Å². The van der Waals surface area contributed by atoms with E-state index in [1.165, 1.54) is 19.4 Å². The van der Waals surface area contributed by atoms with Crippen molar-refractivity contribution in [1.29, 1.82) is 0 Å². The number of aliphatic hydroxyl groups is 1. The maximum Gasteiger partial charge on any atom is 0.0697 e. The number of ether oxygens (including phenoxy) is 1. The molecule has 1 aliphatic rings. The molecule has 1 heterocycles. The lowest BCUT2D eigenvalue weighted by Crippen LogP contribution is -2.34. The Kier molecular flexibility index (Phi) is 4.58. The second-order valence-corrected chi connectivity index (χ2v) is 3.57. The summed E-state index contributed by atoms with van der Waals surface area (Å²) in [6.45, 7) is 3.80. The van der Waals surface area contributed by atoms with E-state index in [4.69, 9.17) is 9.84 Å². The number of piperidine rings is 1. The standard InChI is InChI=1S/C9H19NO2/c1-10-4-2-3-9(7-10)8-12-6-5-11/h9,11H,2-8H2,1H3. The molecule has 0 bridgehead atoms. The summed E-state index contributed by atoms with van der Waals surface area (Å²) in [5.41, 5.74) is 0. The third-order valence-electron chi connectivity index (χ3n) is 2.31. The van der Waals surface area contributed by atoms with Crippen LogP contribution in [0.3, 0.4) is 0 Å². The van der Waals surface area contributed by atoms with Crippen molar-refractivity contribution in [2.45, 2.75) is 12.8 Å². The van der Waals surface area contributed by atoms with Gasteiger partial charge in [0.1, 0.15) is 0 Å². The second-order valence-electron chi connectivity index (χ2n) is 3.57. The zero-order valence-corrected chi connectivity index (χ0v) is 7.83. The first-order valence-electron chi connectivity index (χ1n) is 4.70. The fourth-order valence-electron chi connectivity index (χ4n) is 1.72.